The number of anilines is 2. The molecule has 1 heterocycles. The lowest BCUT2D eigenvalue weighted by molar-refractivity contribution is -0.120. The van der Waals surface area contributed by atoms with Gasteiger partial charge in [-0.1, -0.05) is 29.8 Å². The molecule has 1 aliphatic rings. The average Bonchev–Trinajstić information content (AvgIpc) is 2.92. The highest BCUT2D eigenvalue weighted by molar-refractivity contribution is 6.30. The second-order valence-corrected chi connectivity index (χ2v) is 9.81. The molecule has 38 heavy (non-hydrogen) atoms. The van der Waals surface area contributed by atoms with Crippen molar-refractivity contribution >= 4 is 40.7 Å². The van der Waals surface area contributed by atoms with Gasteiger partial charge in [-0.3, -0.25) is 14.4 Å². The molecule has 2 atom stereocenters. The molecule has 2 N–H and O–H groups in total. The second kappa shape index (κ2) is 12.1. The van der Waals surface area contributed by atoms with Crippen LogP contribution in [0.4, 0.5) is 11.4 Å². The smallest absolute Gasteiger partial charge is 0.258 e. The number of amides is 3. The third kappa shape index (κ3) is 6.00. The second-order valence-electron chi connectivity index (χ2n) is 9.37. The molecular weight excluding hydrogens is 502 g/mol. The maximum absolute atomic E-state index is 13.8. The zero-order valence-electron chi connectivity index (χ0n) is 21.6. The van der Waals surface area contributed by atoms with Crippen molar-refractivity contribution in [3.63, 3.8) is 0 Å². The maximum atomic E-state index is 13.8. The summed E-state index contributed by atoms with van der Waals surface area (Å²) in [6, 6.07) is 21.6. The van der Waals surface area contributed by atoms with Crippen LogP contribution in [0.25, 0.3) is 0 Å². The van der Waals surface area contributed by atoms with Gasteiger partial charge in [0.05, 0.1) is 12.5 Å². The van der Waals surface area contributed by atoms with Crippen molar-refractivity contribution in [3.8, 4) is 5.75 Å². The van der Waals surface area contributed by atoms with E-state index in [0.717, 1.165) is 16.9 Å². The Morgan fingerprint density at radius 1 is 1.03 bits per heavy atom. The largest absolute Gasteiger partial charge is 0.494 e. The summed E-state index contributed by atoms with van der Waals surface area (Å²) in [6.07, 6.45) is 1.31. The number of ether oxygens (including phenoxy) is 1. The van der Waals surface area contributed by atoms with Gasteiger partial charge in [-0.05, 0) is 86.8 Å². The summed E-state index contributed by atoms with van der Waals surface area (Å²) in [6.45, 7) is 4.81. The van der Waals surface area contributed by atoms with E-state index in [1.54, 1.807) is 46.2 Å². The third-order valence-corrected chi connectivity index (χ3v) is 7.02. The van der Waals surface area contributed by atoms with E-state index in [0.29, 0.717) is 42.3 Å². The van der Waals surface area contributed by atoms with Crippen molar-refractivity contribution in [1.82, 2.24) is 0 Å². The number of rotatable bonds is 9. The van der Waals surface area contributed by atoms with Gasteiger partial charge in [0.2, 0.25) is 11.8 Å². The van der Waals surface area contributed by atoms with Gasteiger partial charge < -0.3 is 20.3 Å². The Labute approximate surface area is 228 Å². The van der Waals surface area contributed by atoms with E-state index in [2.05, 4.69) is 0 Å². The van der Waals surface area contributed by atoms with Crippen molar-refractivity contribution in [2.75, 3.05) is 23.0 Å². The van der Waals surface area contributed by atoms with Crippen LogP contribution in [0, 0.1) is 0 Å². The van der Waals surface area contributed by atoms with Crippen molar-refractivity contribution in [2.45, 2.75) is 45.1 Å². The van der Waals surface area contributed by atoms with Gasteiger partial charge in [-0.2, -0.15) is 0 Å². The molecule has 0 radical (unpaired) electrons. The van der Waals surface area contributed by atoms with E-state index in [9.17, 15) is 14.4 Å². The molecule has 1 aliphatic heterocycles. The summed E-state index contributed by atoms with van der Waals surface area (Å²) >= 11 is 6.05. The average molecular weight is 534 g/mol. The van der Waals surface area contributed by atoms with Crippen molar-refractivity contribution in [3.05, 3.63) is 88.9 Å². The molecule has 0 aromatic heterocycles. The van der Waals surface area contributed by atoms with Crippen LogP contribution in [0.5, 0.6) is 5.75 Å². The number of benzene rings is 3. The van der Waals surface area contributed by atoms with Gasteiger partial charge in [-0.15, -0.1) is 0 Å². The topological polar surface area (TPSA) is 92.9 Å². The number of hydrogen-bond donors (Lipinski definition) is 1. The Bertz CT molecular complexity index is 1290. The molecule has 3 aromatic rings. The van der Waals surface area contributed by atoms with Crippen LogP contribution in [0.1, 0.15) is 54.9 Å². The van der Waals surface area contributed by atoms with Crippen LogP contribution < -0.4 is 20.3 Å². The fraction of sp³-hybridized carbons (Fsp3) is 0.300. The predicted octanol–water partition coefficient (Wildman–Crippen LogP) is 5.56. The summed E-state index contributed by atoms with van der Waals surface area (Å²) in [7, 11) is 0. The number of carbonyl (C=O) groups is 3. The van der Waals surface area contributed by atoms with Crippen LogP contribution in [-0.4, -0.2) is 36.9 Å². The first-order chi connectivity index (χ1) is 18.3. The number of fused-ring (bicyclic) bond motifs is 1. The summed E-state index contributed by atoms with van der Waals surface area (Å²) < 4.78 is 5.65. The first kappa shape index (κ1) is 27.2. The first-order valence-electron chi connectivity index (χ1n) is 12.8. The lowest BCUT2D eigenvalue weighted by Gasteiger charge is -2.40. The minimum atomic E-state index is -0.378. The highest BCUT2D eigenvalue weighted by Gasteiger charge is 2.38. The van der Waals surface area contributed by atoms with Crippen molar-refractivity contribution in [2.24, 2.45) is 5.73 Å². The minimum Gasteiger partial charge on any atom is -0.494 e. The zero-order chi connectivity index (χ0) is 27.2. The molecule has 0 bridgehead atoms. The lowest BCUT2D eigenvalue weighted by atomic mass is 9.84. The predicted molar refractivity (Wildman–Crippen MR) is 150 cm³/mol. The SMILES string of the molecule is CCN(C(=O)[C@@H]1C[C@@H](C)N(C(=O)c2ccc(OCCCC(N)=O)cc2)c2ccccc21)c1ccc(Cl)cc1. The van der Waals surface area contributed by atoms with Gasteiger partial charge >= 0.3 is 0 Å². The number of nitrogens with two attached hydrogens (primary N) is 1. The molecule has 3 amide bonds. The van der Waals surface area contributed by atoms with Gasteiger partial charge in [0.15, 0.2) is 0 Å². The minimum absolute atomic E-state index is 0.000872. The third-order valence-electron chi connectivity index (χ3n) is 6.76. The van der Waals surface area contributed by atoms with Gasteiger partial charge in [0, 0.05) is 41.0 Å². The molecule has 198 valence electrons. The van der Waals surface area contributed by atoms with Gasteiger partial charge in [-0.25, -0.2) is 0 Å². The molecule has 3 aromatic carbocycles. The maximum Gasteiger partial charge on any atom is 0.258 e. The lowest BCUT2D eigenvalue weighted by Crippen LogP contribution is -2.46. The highest BCUT2D eigenvalue weighted by atomic mass is 35.5. The summed E-state index contributed by atoms with van der Waals surface area (Å²) in [4.78, 5) is 41.9. The summed E-state index contributed by atoms with van der Waals surface area (Å²) in [5, 5.41) is 0.616. The van der Waals surface area contributed by atoms with E-state index in [1.165, 1.54) is 0 Å². The number of para-hydroxylation sites is 1. The molecule has 0 fully saturated rings. The van der Waals surface area contributed by atoms with E-state index < -0.39 is 0 Å². The number of likely N-dealkylation sites (N-methyl/N-ethyl adjacent to an activating group) is 1. The standard InChI is InChI=1S/C30H32ClN3O4/c1-3-33(23-14-12-22(31)13-15-23)30(37)26-19-20(2)34(27-8-5-4-7-25(26)27)29(36)21-10-16-24(17-11-21)38-18-6-9-28(32)35/h4-5,7-8,10-17,20,26H,3,6,9,18-19H2,1-2H3,(H2,32,35)/t20-,26-/m1/s1. The van der Waals surface area contributed by atoms with E-state index in [4.69, 9.17) is 22.1 Å². The number of carbonyl (C=O) groups excluding carboxylic acids is 3. The first-order valence-corrected chi connectivity index (χ1v) is 13.2. The number of primary amides is 1. The molecule has 8 heteroatoms. The Balaban J connectivity index is 1.55. The molecule has 0 spiro atoms. The molecule has 0 saturated carbocycles. The van der Waals surface area contributed by atoms with Gasteiger partial charge in [0.25, 0.3) is 5.91 Å². The number of halogens is 1. The van der Waals surface area contributed by atoms with Crippen LogP contribution in [-0.2, 0) is 9.59 Å². The monoisotopic (exact) mass is 533 g/mol. The van der Waals surface area contributed by atoms with Crippen LogP contribution >= 0.6 is 11.6 Å². The van der Waals surface area contributed by atoms with Crippen molar-refractivity contribution < 1.29 is 19.1 Å². The molecule has 7 nitrogen and oxygen atoms in total. The molecule has 0 saturated heterocycles. The van der Waals surface area contributed by atoms with Crippen molar-refractivity contribution in [1.29, 1.82) is 0 Å². The van der Waals surface area contributed by atoms with Crippen LogP contribution in [0.2, 0.25) is 5.02 Å². The molecule has 0 unspecified atom stereocenters. The Hall–Kier alpha value is -3.84. The number of nitrogens with zero attached hydrogens (tertiary/aromatic N) is 2. The summed E-state index contributed by atoms with van der Waals surface area (Å²) in [5.74, 6) is -0.260. The fourth-order valence-electron chi connectivity index (χ4n) is 4.90. The van der Waals surface area contributed by atoms with E-state index >= 15 is 0 Å². The van der Waals surface area contributed by atoms with E-state index in [-0.39, 0.29) is 36.1 Å². The van der Waals surface area contributed by atoms with Gasteiger partial charge in [0.1, 0.15) is 5.75 Å². The summed E-state index contributed by atoms with van der Waals surface area (Å²) in [5.41, 5.74) is 8.06. The Morgan fingerprint density at radius 2 is 1.71 bits per heavy atom. The van der Waals surface area contributed by atoms with Crippen LogP contribution in [0.15, 0.2) is 72.8 Å². The molecule has 4 rings (SSSR count). The Kier molecular flexibility index (Phi) is 8.69. The quantitative estimate of drug-likeness (QED) is 0.364. The zero-order valence-corrected chi connectivity index (χ0v) is 22.4. The highest BCUT2D eigenvalue weighted by Crippen LogP contribution is 2.41. The fourth-order valence-corrected chi connectivity index (χ4v) is 5.03. The Morgan fingerprint density at radius 3 is 2.37 bits per heavy atom. The molecule has 0 aliphatic carbocycles. The normalized spacial score (nSPS) is 16.4. The van der Waals surface area contributed by atoms with Crippen LogP contribution in [0.3, 0.4) is 0 Å². The molecular formula is C30H32ClN3O4. The number of hydrogen-bond acceptors (Lipinski definition) is 4. The van der Waals surface area contributed by atoms with E-state index in [1.807, 2.05) is 50.2 Å².